The Morgan fingerprint density at radius 3 is 2.56 bits per heavy atom. The minimum absolute atomic E-state index is 0.00827. The zero-order chi connectivity index (χ0) is 13.3. The second-order valence-electron chi connectivity index (χ2n) is 3.57. The summed E-state index contributed by atoms with van der Waals surface area (Å²) in [5, 5.41) is 0.626. The highest BCUT2D eigenvalue weighted by atomic mass is 35.5. The Kier molecular flexibility index (Phi) is 3.52. The van der Waals surface area contributed by atoms with Crippen molar-refractivity contribution < 1.29 is 8.42 Å². The molecule has 0 unspecified atom stereocenters. The highest BCUT2D eigenvalue weighted by Gasteiger charge is 2.16. The number of imidazole rings is 1. The number of hydrogen-bond donors (Lipinski definition) is 2. The molecule has 2 aromatic rings. The smallest absolute Gasteiger partial charge is 0.278 e. The molecule has 5 nitrogen and oxygen atoms in total. The molecule has 8 heteroatoms. The third-order valence-corrected chi connectivity index (χ3v) is 4.17. The standard InChI is InChI=1S/C10H9Cl2N3O2S/c1-6-13-5-10(14-6)18(16,17)15-7-2-3-8(11)9(12)4-7/h2-5,15H,1H3,(H,13,14). The fourth-order valence-electron chi connectivity index (χ4n) is 1.30. The van der Waals surface area contributed by atoms with Crippen LogP contribution in [0.15, 0.2) is 29.4 Å². The van der Waals surface area contributed by atoms with Crippen LogP contribution in [0.3, 0.4) is 0 Å². The number of benzene rings is 1. The molecule has 0 amide bonds. The molecule has 0 spiro atoms. The number of aryl methyl sites for hydroxylation is 1. The average Bonchev–Trinajstić information content (AvgIpc) is 2.71. The van der Waals surface area contributed by atoms with Crippen LogP contribution in [-0.4, -0.2) is 18.4 Å². The Morgan fingerprint density at radius 1 is 1.28 bits per heavy atom. The van der Waals surface area contributed by atoms with Crippen molar-refractivity contribution in [1.82, 2.24) is 9.97 Å². The van der Waals surface area contributed by atoms with Gasteiger partial charge in [0.05, 0.1) is 21.9 Å². The van der Waals surface area contributed by atoms with E-state index in [1.165, 1.54) is 24.4 Å². The number of halogens is 2. The average molecular weight is 306 g/mol. The first-order chi connectivity index (χ1) is 8.38. The zero-order valence-corrected chi connectivity index (χ0v) is 11.6. The number of H-pyrrole nitrogens is 1. The van der Waals surface area contributed by atoms with E-state index in [0.717, 1.165) is 0 Å². The maximum absolute atomic E-state index is 12.0. The van der Waals surface area contributed by atoms with Gasteiger partial charge in [0.1, 0.15) is 5.82 Å². The lowest BCUT2D eigenvalue weighted by Gasteiger charge is -2.06. The predicted molar refractivity (Wildman–Crippen MR) is 70.6 cm³/mol. The molecule has 18 heavy (non-hydrogen) atoms. The van der Waals surface area contributed by atoms with Crippen LogP contribution in [0.4, 0.5) is 5.69 Å². The van der Waals surface area contributed by atoms with E-state index < -0.39 is 10.0 Å². The van der Waals surface area contributed by atoms with Gasteiger partial charge in [0.25, 0.3) is 10.0 Å². The molecule has 0 fully saturated rings. The minimum atomic E-state index is -3.69. The second kappa shape index (κ2) is 4.79. The van der Waals surface area contributed by atoms with Crippen LogP contribution < -0.4 is 4.72 Å². The Bertz CT molecular complexity index is 682. The van der Waals surface area contributed by atoms with E-state index in [9.17, 15) is 8.42 Å². The van der Waals surface area contributed by atoms with Gasteiger partial charge in [0.15, 0.2) is 5.03 Å². The third-order valence-electron chi connectivity index (χ3n) is 2.14. The van der Waals surface area contributed by atoms with Crippen LogP contribution in [0.1, 0.15) is 5.82 Å². The van der Waals surface area contributed by atoms with E-state index in [1.807, 2.05) is 0 Å². The topological polar surface area (TPSA) is 74.8 Å². The van der Waals surface area contributed by atoms with E-state index in [-0.39, 0.29) is 10.0 Å². The highest BCUT2D eigenvalue weighted by Crippen LogP contribution is 2.26. The van der Waals surface area contributed by atoms with E-state index >= 15 is 0 Å². The van der Waals surface area contributed by atoms with Gasteiger partial charge in [0.2, 0.25) is 0 Å². The Balaban J connectivity index is 2.30. The molecular formula is C10H9Cl2N3O2S. The Hall–Kier alpha value is -1.24. The molecule has 0 saturated carbocycles. The summed E-state index contributed by atoms with van der Waals surface area (Å²) in [6.07, 6.45) is 1.25. The van der Waals surface area contributed by atoms with Gasteiger partial charge in [-0.2, -0.15) is 8.42 Å². The normalized spacial score (nSPS) is 11.5. The number of anilines is 1. The number of nitrogens with one attached hydrogen (secondary N) is 2. The van der Waals surface area contributed by atoms with Crippen molar-refractivity contribution in [3.63, 3.8) is 0 Å². The van der Waals surface area contributed by atoms with E-state index in [2.05, 4.69) is 14.7 Å². The maximum atomic E-state index is 12.0. The quantitative estimate of drug-likeness (QED) is 0.915. The van der Waals surface area contributed by atoms with Crippen molar-refractivity contribution in [1.29, 1.82) is 0 Å². The van der Waals surface area contributed by atoms with Crippen LogP contribution >= 0.6 is 23.2 Å². The SMILES string of the molecule is Cc1ncc(S(=O)(=O)Nc2ccc(Cl)c(Cl)c2)[nH]1. The summed E-state index contributed by atoms with van der Waals surface area (Å²) in [7, 11) is -3.69. The lowest BCUT2D eigenvalue weighted by Crippen LogP contribution is -2.13. The van der Waals surface area contributed by atoms with Gasteiger partial charge in [-0.05, 0) is 25.1 Å². The fourth-order valence-corrected chi connectivity index (χ4v) is 2.62. The molecule has 0 bridgehead atoms. The van der Waals surface area contributed by atoms with Crippen molar-refractivity contribution in [3.8, 4) is 0 Å². The van der Waals surface area contributed by atoms with Crippen LogP contribution in [0.5, 0.6) is 0 Å². The molecule has 1 heterocycles. The molecule has 2 N–H and O–H groups in total. The van der Waals surface area contributed by atoms with Gasteiger partial charge in [0, 0.05) is 0 Å². The molecule has 0 saturated heterocycles. The number of nitrogens with zero attached hydrogens (tertiary/aromatic N) is 1. The molecule has 1 aromatic carbocycles. The molecule has 0 radical (unpaired) electrons. The fraction of sp³-hybridized carbons (Fsp3) is 0.100. The molecular weight excluding hydrogens is 297 g/mol. The van der Waals surface area contributed by atoms with Crippen LogP contribution in [0, 0.1) is 6.92 Å². The molecule has 1 aromatic heterocycles. The summed E-state index contributed by atoms with van der Waals surface area (Å²) >= 11 is 11.6. The molecule has 0 aliphatic carbocycles. The number of aromatic amines is 1. The van der Waals surface area contributed by atoms with Crippen molar-refractivity contribution in [2.75, 3.05) is 4.72 Å². The lowest BCUT2D eigenvalue weighted by atomic mass is 10.3. The predicted octanol–water partition coefficient (Wildman–Crippen LogP) is 2.83. The maximum Gasteiger partial charge on any atom is 0.278 e. The first-order valence-electron chi connectivity index (χ1n) is 4.88. The van der Waals surface area contributed by atoms with Gasteiger partial charge >= 0.3 is 0 Å². The summed E-state index contributed by atoms with van der Waals surface area (Å²) in [6, 6.07) is 4.47. The van der Waals surface area contributed by atoms with Gasteiger partial charge in [-0.25, -0.2) is 4.98 Å². The number of hydrogen-bond acceptors (Lipinski definition) is 3. The van der Waals surface area contributed by atoms with Gasteiger partial charge in [-0.15, -0.1) is 0 Å². The van der Waals surface area contributed by atoms with E-state index in [0.29, 0.717) is 16.5 Å². The molecule has 2 rings (SSSR count). The van der Waals surface area contributed by atoms with Crippen LogP contribution in [-0.2, 0) is 10.0 Å². The van der Waals surface area contributed by atoms with Crippen molar-refractivity contribution in [2.24, 2.45) is 0 Å². The zero-order valence-electron chi connectivity index (χ0n) is 9.24. The van der Waals surface area contributed by atoms with Crippen LogP contribution in [0.2, 0.25) is 10.0 Å². The Labute approximate surface area is 114 Å². The number of aromatic nitrogens is 2. The largest absolute Gasteiger partial charge is 0.332 e. The molecule has 0 atom stereocenters. The van der Waals surface area contributed by atoms with Crippen LogP contribution in [0.25, 0.3) is 0 Å². The highest BCUT2D eigenvalue weighted by molar-refractivity contribution is 7.92. The van der Waals surface area contributed by atoms with Crippen molar-refractivity contribution in [2.45, 2.75) is 11.9 Å². The molecule has 0 aliphatic heterocycles. The summed E-state index contributed by atoms with van der Waals surface area (Å²) in [6.45, 7) is 1.66. The first kappa shape index (κ1) is 13.2. The summed E-state index contributed by atoms with van der Waals surface area (Å²) in [5.41, 5.74) is 0.330. The molecule has 96 valence electrons. The van der Waals surface area contributed by atoms with Gasteiger partial charge < -0.3 is 4.98 Å². The summed E-state index contributed by atoms with van der Waals surface area (Å²) < 4.78 is 26.3. The van der Waals surface area contributed by atoms with E-state index in [1.54, 1.807) is 6.92 Å². The molecule has 0 aliphatic rings. The van der Waals surface area contributed by atoms with Crippen molar-refractivity contribution in [3.05, 3.63) is 40.3 Å². The lowest BCUT2D eigenvalue weighted by molar-refractivity contribution is 0.598. The van der Waals surface area contributed by atoms with Gasteiger partial charge in [-0.3, -0.25) is 4.72 Å². The summed E-state index contributed by atoms with van der Waals surface area (Å²) in [4.78, 5) is 6.48. The first-order valence-corrected chi connectivity index (χ1v) is 7.12. The monoisotopic (exact) mass is 305 g/mol. The summed E-state index contributed by atoms with van der Waals surface area (Å²) in [5.74, 6) is 0.518. The second-order valence-corrected chi connectivity index (χ2v) is 6.03. The number of rotatable bonds is 3. The minimum Gasteiger partial charge on any atom is -0.332 e. The number of sulfonamides is 1. The van der Waals surface area contributed by atoms with E-state index in [4.69, 9.17) is 23.2 Å². The third kappa shape index (κ3) is 2.77. The van der Waals surface area contributed by atoms with Crippen molar-refractivity contribution >= 4 is 38.9 Å². The Morgan fingerprint density at radius 2 is 2.00 bits per heavy atom. The van der Waals surface area contributed by atoms with Gasteiger partial charge in [-0.1, -0.05) is 23.2 Å².